The van der Waals surface area contributed by atoms with Crippen molar-refractivity contribution < 1.29 is 9.53 Å². The molecule has 0 unspecified atom stereocenters. The van der Waals surface area contributed by atoms with E-state index in [0.717, 1.165) is 22.4 Å². The number of nitrogens with one attached hydrogen (secondary N) is 1. The first-order chi connectivity index (χ1) is 14.1. The number of hydrogen-bond acceptors (Lipinski definition) is 3. The van der Waals surface area contributed by atoms with Crippen LogP contribution in [0.15, 0.2) is 84.4 Å². The molecule has 0 aromatic heterocycles. The number of nitrogens with zero attached hydrogens (tertiary/aromatic N) is 1. The van der Waals surface area contributed by atoms with Crippen LogP contribution < -0.4 is 10.1 Å². The summed E-state index contributed by atoms with van der Waals surface area (Å²) >= 11 is 0. The van der Waals surface area contributed by atoms with Crippen LogP contribution in [0.1, 0.15) is 29.7 Å². The second-order valence-electron chi connectivity index (χ2n) is 6.68. The molecule has 4 nitrogen and oxygen atoms in total. The third-order valence-corrected chi connectivity index (χ3v) is 4.53. The number of benzene rings is 3. The fourth-order valence-corrected chi connectivity index (χ4v) is 2.86. The molecule has 3 aromatic carbocycles. The third kappa shape index (κ3) is 5.33. The SMILES string of the molecule is Cc1ccccc1NC(=O)/C(C#N)=C/c1ccc(O[C@@H](C)c2ccccc2)cc1. The number of anilines is 1. The number of amides is 1. The van der Waals surface area contributed by atoms with Gasteiger partial charge in [0.2, 0.25) is 0 Å². The van der Waals surface area contributed by atoms with Gasteiger partial charge in [-0.1, -0.05) is 60.7 Å². The van der Waals surface area contributed by atoms with E-state index in [4.69, 9.17) is 4.74 Å². The molecule has 0 aliphatic rings. The molecular formula is C25H22N2O2. The summed E-state index contributed by atoms with van der Waals surface area (Å²) in [6.45, 7) is 3.90. The average Bonchev–Trinajstić information content (AvgIpc) is 2.75. The summed E-state index contributed by atoms with van der Waals surface area (Å²) in [4.78, 5) is 12.4. The first-order valence-electron chi connectivity index (χ1n) is 9.37. The van der Waals surface area contributed by atoms with Crippen molar-refractivity contribution in [3.63, 3.8) is 0 Å². The first kappa shape index (κ1) is 19.9. The molecule has 0 radical (unpaired) electrons. The van der Waals surface area contributed by atoms with E-state index < -0.39 is 5.91 Å². The van der Waals surface area contributed by atoms with Gasteiger partial charge in [0, 0.05) is 5.69 Å². The van der Waals surface area contributed by atoms with Gasteiger partial charge < -0.3 is 10.1 Å². The summed E-state index contributed by atoms with van der Waals surface area (Å²) in [5.74, 6) is 0.293. The van der Waals surface area contributed by atoms with Crippen molar-refractivity contribution in [2.24, 2.45) is 0 Å². The van der Waals surface area contributed by atoms with E-state index in [1.54, 1.807) is 6.08 Å². The fourth-order valence-electron chi connectivity index (χ4n) is 2.86. The summed E-state index contributed by atoms with van der Waals surface area (Å²) < 4.78 is 5.96. The molecule has 0 bridgehead atoms. The minimum Gasteiger partial charge on any atom is -0.486 e. The number of hydrogen-bond donors (Lipinski definition) is 1. The Morgan fingerprint density at radius 1 is 1.00 bits per heavy atom. The fraction of sp³-hybridized carbons (Fsp3) is 0.120. The molecule has 0 fully saturated rings. The number of carbonyl (C=O) groups excluding carboxylic acids is 1. The van der Waals surface area contributed by atoms with Crippen LogP contribution in [0, 0.1) is 18.3 Å². The van der Waals surface area contributed by atoms with Gasteiger partial charge in [-0.2, -0.15) is 5.26 Å². The highest BCUT2D eigenvalue weighted by molar-refractivity contribution is 6.09. The molecule has 144 valence electrons. The zero-order chi connectivity index (χ0) is 20.6. The second-order valence-corrected chi connectivity index (χ2v) is 6.68. The predicted octanol–water partition coefficient (Wildman–Crippen LogP) is 5.68. The maximum Gasteiger partial charge on any atom is 0.266 e. The lowest BCUT2D eigenvalue weighted by atomic mass is 10.1. The monoisotopic (exact) mass is 382 g/mol. The van der Waals surface area contributed by atoms with E-state index in [2.05, 4.69) is 5.32 Å². The van der Waals surface area contributed by atoms with Gasteiger partial charge in [0.1, 0.15) is 23.5 Å². The number of carbonyl (C=O) groups is 1. The van der Waals surface area contributed by atoms with Crippen molar-refractivity contribution in [3.8, 4) is 11.8 Å². The van der Waals surface area contributed by atoms with Crippen LogP contribution >= 0.6 is 0 Å². The largest absolute Gasteiger partial charge is 0.486 e. The number of aryl methyl sites for hydroxylation is 1. The molecule has 29 heavy (non-hydrogen) atoms. The smallest absolute Gasteiger partial charge is 0.266 e. The molecule has 1 amide bonds. The Labute approximate surface area is 171 Å². The van der Waals surface area contributed by atoms with Gasteiger partial charge in [-0.25, -0.2) is 0 Å². The first-order valence-corrected chi connectivity index (χ1v) is 9.37. The van der Waals surface area contributed by atoms with Gasteiger partial charge in [-0.3, -0.25) is 4.79 Å². The highest BCUT2D eigenvalue weighted by Gasteiger charge is 2.11. The van der Waals surface area contributed by atoms with Gasteiger partial charge >= 0.3 is 0 Å². The van der Waals surface area contributed by atoms with Crippen LogP contribution in [0.4, 0.5) is 5.69 Å². The maximum absolute atomic E-state index is 12.4. The minimum absolute atomic E-state index is 0.0413. The zero-order valence-corrected chi connectivity index (χ0v) is 16.4. The molecule has 3 aromatic rings. The normalized spacial score (nSPS) is 12.0. The molecule has 4 heteroatoms. The molecule has 0 saturated heterocycles. The zero-order valence-electron chi connectivity index (χ0n) is 16.4. The van der Waals surface area contributed by atoms with Crippen LogP contribution in [0.5, 0.6) is 5.75 Å². The lowest BCUT2D eigenvalue weighted by Gasteiger charge is -2.15. The van der Waals surface area contributed by atoms with E-state index in [-0.39, 0.29) is 11.7 Å². The highest BCUT2D eigenvalue weighted by atomic mass is 16.5. The van der Waals surface area contributed by atoms with Gasteiger partial charge in [0.15, 0.2) is 0 Å². The minimum atomic E-state index is -0.431. The van der Waals surface area contributed by atoms with Crippen molar-refractivity contribution in [2.75, 3.05) is 5.32 Å². The molecule has 0 aliphatic carbocycles. The van der Waals surface area contributed by atoms with Crippen molar-refractivity contribution in [1.82, 2.24) is 0 Å². The highest BCUT2D eigenvalue weighted by Crippen LogP contribution is 2.23. The van der Waals surface area contributed by atoms with Crippen LogP contribution in [-0.4, -0.2) is 5.91 Å². The van der Waals surface area contributed by atoms with Crippen molar-refractivity contribution in [1.29, 1.82) is 5.26 Å². The number of nitriles is 1. The van der Waals surface area contributed by atoms with Gasteiger partial charge in [0.25, 0.3) is 5.91 Å². The second kappa shape index (κ2) is 9.38. The lowest BCUT2D eigenvalue weighted by molar-refractivity contribution is -0.112. The molecule has 0 spiro atoms. The van der Waals surface area contributed by atoms with Gasteiger partial charge in [-0.05, 0) is 54.8 Å². The average molecular weight is 382 g/mol. The summed E-state index contributed by atoms with van der Waals surface area (Å²) in [6.07, 6.45) is 1.49. The van der Waals surface area contributed by atoms with E-state index in [1.807, 2.05) is 98.8 Å². The Hall–Kier alpha value is -3.84. The molecule has 0 aliphatic heterocycles. The Morgan fingerprint density at radius 3 is 2.31 bits per heavy atom. The summed E-state index contributed by atoms with van der Waals surface area (Å²) in [5.41, 5.74) is 3.52. The number of para-hydroxylation sites is 1. The third-order valence-electron chi connectivity index (χ3n) is 4.53. The molecular weight excluding hydrogens is 360 g/mol. The van der Waals surface area contributed by atoms with Crippen molar-refractivity contribution in [2.45, 2.75) is 20.0 Å². The Bertz CT molecular complexity index is 1050. The summed E-state index contributed by atoms with van der Waals surface area (Å²) in [5, 5.41) is 12.2. The topological polar surface area (TPSA) is 62.1 Å². The van der Waals surface area contributed by atoms with E-state index in [1.165, 1.54) is 0 Å². The van der Waals surface area contributed by atoms with E-state index in [9.17, 15) is 10.1 Å². The van der Waals surface area contributed by atoms with Crippen LogP contribution in [0.2, 0.25) is 0 Å². The molecule has 1 N–H and O–H groups in total. The van der Waals surface area contributed by atoms with E-state index >= 15 is 0 Å². The molecule has 0 saturated carbocycles. The van der Waals surface area contributed by atoms with Crippen molar-refractivity contribution in [3.05, 3.63) is 101 Å². The Morgan fingerprint density at radius 2 is 1.66 bits per heavy atom. The van der Waals surface area contributed by atoms with Gasteiger partial charge in [-0.15, -0.1) is 0 Å². The molecule has 3 rings (SSSR count). The van der Waals surface area contributed by atoms with Crippen LogP contribution in [0.3, 0.4) is 0 Å². The van der Waals surface area contributed by atoms with Crippen LogP contribution in [0.25, 0.3) is 6.08 Å². The van der Waals surface area contributed by atoms with E-state index in [0.29, 0.717) is 5.69 Å². The maximum atomic E-state index is 12.4. The summed E-state index contributed by atoms with van der Waals surface area (Å²) in [7, 11) is 0. The van der Waals surface area contributed by atoms with Gasteiger partial charge in [0.05, 0.1) is 0 Å². The molecule has 0 heterocycles. The predicted molar refractivity (Wildman–Crippen MR) is 115 cm³/mol. The van der Waals surface area contributed by atoms with Crippen LogP contribution in [-0.2, 0) is 4.79 Å². The lowest BCUT2D eigenvalue weighted by Crippen LogP contribution is -2.14. The Balaban J connectivity index is 1.69. The van der Waals surface area contributed by atoms with Crippen molar-refractivity contribution >= 4 is 17.7 Å². The summed E-state index contributed by atoms with van der Waals surface area (Å²) in [6, 6.07) is 26.7. The number of ether oxygens (including phenoxy) is 1. The standard InChI is InChI=1S/C25H22N2O2/c1-18-8-6-7-11-24(18)27-25(28)22(17-26)16-20-12-14-23(15-13-20)29-19(2)21-9-4-3-5-10-21/h3-16,19H,1-2H3,(H,27,28)/b22-16+/t19-/m0/s1. The molecule has 1 atom stereocenters. The number of rotatable bonds is 6. The quantitative estimate of drug-likeness (QED) is 0.441. The Kier molecular flexibility index (Phi) is 6.44.